The molecule has 2 aromatic heterocycles. The first-order valence-corrected chi connectivity index (χ1v) is 11.2. The monoisotopic (exact) mass is 457 g/mol. The van der Waals surface area contributed by atoms with Crippen molar-refractivity contribution in [2.24, 2.45) is 20.0 Å². The van der Waals surface area contributed by atoms with Crippen LogP contribution in [0.2, 0.25) is 0 Å². The minimum absolute atomic E-state index is 0.0356. The fraction of sp³-hybridized carbons (Fsp3) is 0.522. The van der Waals surface area contributed by atoms with Crippen molar-refractivity contribution in [3.8, 4) is 11.5 Å². The van der Waals surface area contributed by atoms with Gasteiger partial charge < -0.3 is 24.0 Å². The van der Waals surface area contributed by atoms with E-state index < -0.39 is 17.4 Å². The Morgan fingerprint density at radius 1 is 1.15 bits per heavy atom. The molecular formula is C23H31N5O5. The minimum Gasteiger partial charge on any atom is -0.497 e. The number of methoxy groups -OCH3 is 1. The van der Waals surface area contributed by atoms with Gasteiger partial charge in [0.05, 0.1) is 13.7 Å². The van der Waals surface area contributed by atoms with Crippen molar-refractivity contribution < 1.29 is 14.6 Å². The second-order valence-electron chi connectivity index (χ2n) is 8.73. The zero-order valence-corrected chi connectivity index (χ0v) is 19.5. The number of aryl methyl sites for hydroxylation is 1. The van der Waals surface area contributed by atoms with E-state index in [1.807, 2.05) is 0 Å². The van der Waals surface area contributed by atoms with Crippen molar-refractivity contribution in [1.29, 1.82) is 0 Å². The van der Waals surface area contributed by atoms with E-state index in [4.69, 9.17) is 14.5 Å². The molecule has 1 aromatic carbocycles. The lowest BCUT2D eigenvalue weighted by Gasteiger charge is -2.32. The Labute approximate surface area is 191 Å². The van der Waals surface area contributed by atoms with Crippen LogP contribution >= 0.6 is 0 Å². The molecule has 1 saturated heterocycles. The Morgan fingerprint density at radius 2 is 1.85 bits per heavy atom. The van der Waals surface area contributed by atoms with Gasteiger partial charge in [0.1, 0.15) is 24.2 Å². The standard InChI is InChI=1S/C23H31N5O5/c1-15-6-5-11-27(12-15)22-24-20-19(21(30)26(3)23(31)25(20)2)28(22)13-16(29)14-33-18-9-7-17(32-4)8-10-18/h7-10,15-16,29H,5-6,11-14H2,1-4H3/t15-,16+/m1/s1. The van der Waals surface area contributed by atoms with Crippen LogP contribution in [0, 0.1) is 5.92 Å². The Hall–Kier alpha value is -3.27. The predicted molar refractivity (Wildman–Crippen MR) is 125 cm³/mol. The van der Waals surface area contributed by atoms with Crippen molar-refractivity contribution in [2.75, 3.05) is 31.7 Å². The number of aliphatic hydroxyl groups is 1. The number of aliphatic hydroxyl groups excluding tert-OH is 1. The van der Waals surface area contributed by atoms with Crippen LogP contribution in [0.1, 0.15) is 19.8 Å². The van der Waals surface area contributed by atoms with Crippen molar-refractivity contribution >= 4 is 17.1 Å². The third-order valence-electron chi connectivity index (χ3n) is 6.16. The van der Waals surface area contributed by atoms with Gasteiger partial charge in [-0.15, -0.1) is 0 Å². The van der Waals surface area contributed by atoms with Crippen LogP contribution in [-0.2, 0) is 20.6 Å². The molecule has 0 spiro atoms. The maximum Gasteiger partial charge on any atom is 0.332 e. The molecule has 1 aliphatic heterocycles. The first-order chi connectivity index (χ1) is 15.8. The molecule has 178 valence electrons. The molecule has 33 heavy (non-hydrogen) atoms. The molecule has 0 bridgehead atoms. The van der Waals surface area contributed by atoms with Gasteiger partial charge in [0.25, 0.3) is 5.56 Å². The van der Waals surface area contributed by atoms with Gasteiger partial charge in [0, 0.05) is 27.2 Å². The topological polar surface area (TPSA) is 104 Å². The fourth-order valence-electron chi connectivity index (χ4n) is 4.35. The van der Waals surface area contributed by atoms with E-state index in [0.29, 0.717) is 28.8 Å². The summed E-state index contributed by atoms with van der Waals surface area (Å²) >= 11 is 0. The SMILES string of the molecule is COc1ccc(OC[C@@H](O)Cn2c(N3CCC[C@@H](C)C3)nc3c2c(=O)n(C)c(=O)n3C)cc1. The van der Waals surface area contributed by atoms with Gasteiger partial charge in [0.2, 0.25) is 5.95 Å². The minimum atomic E-state index is -0.896. The van der Waals surface area contributed by atoms with Crippen molar-refractivity contribution in [2.45, 2.75) is 32.4 Å². The molecule has 0 saturated carbocycles. The lowest BCUT2D eigenvalue weighted by molar-refractivity contribution is 0.0935. The third-order valence-corrected chi connectivity index (χ3v) is 6.16. The zero-order valence-electron chi connectivity index (χ0n) is 19.5. The molecule has 0 unspecified atom stereocenters. The number of fused-ring (bicyclic) bond motifs is 1. The number of piperidine rings is 1. The lowest BCUT2D eigenvalue weighted by atomic mass is 10.0. The summed E-state index contributed by atoms with van der Waals surface area (Å²) in [6.07, 6.45) is 1.26. The van der Waals surface area contributed by atoms with E-state index in [1.165, 1.54) is 11.6 Å². The number of anilines is 1. The fourth-order valence-corrected chi connectivity index (χ4v) is 4.35. The Morgan fingerprint density at radius 3 is 2.52 bits per heavy atom. The van der Waals surface area contributed by atoms with Crippen LogP contribution in [0.25, 0.3) is 11.2 Å². The highest BCUT2D eigenvalue weighted by atomic mass is 16.5. The molecule has 4 rings (SSSR count). The van der Waals surface area contributed by atoms with Crippen LogP contribution in [0.4, 0.5) is 5.95 Å². The largest absolute Gasteiger partial charge is 0.497 e. The highest BCUT2D eigenvalue weighted by Crippen LogP contribution is 2.26. The number of ether oxygens (including phenoxy) is 2. The predicted octanol–water partition coefficient (Wildman–Crippen LogP) is 1.12. The van der Waals surface area contributed by atoms with E-state index in [-0.39, 0.29) is 13.2 Å². The number of rotatable bonds is 7. The van der Waals surface area contributed by atoms with Crippen molar-refractivity contribution in [1.82, 2.24) is 18.7 Å². The van der Waals surface area contributed by atoms with Gasteiger partial charge in [-0.25, -0.2) is 4.79 Å². The van der Waals surface area contributed by atoms with E-state index in [2.05, 4.69) is 11.8 Å². The van der Waals surface area contributed by atoms with Crippen LogP contribution in [-0.4, -0.2) is 56.7 Å². The van der Waals surface area contributed by atoms with Gasteiger partial charge in [-0.2, -0.15) is 4.98 Å². The second kappa shape index (κ2) is 9.30. The Kier molecular flexibility index (Phi) is 6.46. The molecule has 0 amide bonds. The number of hydrogen-bond acceptors (Lipinski definition) is 7. The van der Waals surface area contributed by atoms with E-state index in [1.54, 1.807) is 43.0 Å². The summed E-state index contributed by atoms with van der Waals surface area (Å²) in [6, 6.07) is 7.10. The number of nitrogens with zero attached hydrogens (tertiary/aromatic N) is 5. The second-order valence-corrected chi connectivity index (χ2v) is 8.73. The summed E-state index contributed by atoms with van der Waals surface area (Å²) in [5.74, 6) is 2.41. The van der Waals surface area contributed by atoms with E-state index in [0.717, 1.165) is 36.2 Å². The van der Waals surface area contributed by atoms with Crippen molar-refractivity contribution in [3.05, 3.63) is 45.1 Å². The first kappa shape index (κ1) is 22.9. The average Bonchev–Trinajstić information content (AvgIpc) is 3.19. The Balaban J connectivity index is 1.67. The zero-order chi connectivity index (χ0) is 23.7. The highest BCUT2D eigenvalue weighted by Gasteiger charge is 2.26. The molecular weight excluding hydrogens is 426 g/mol. The normalized spacial score (nSPS) is 17.4. The molecule has 1 aliphatic rings. The van der Waals surface area contributed by atoms with Gasteiger partial charge in [-0.3, -0.25) is 13.9 Å². The third kappa shape index (κ3) is 4.47. The maximum absolute atomic E-state index is 13.0. The van der Waals surface area contributed by atoms with E-state index >= 15 is 0 Å². The molecule has 2 atom stereocenters. The molecule has 3 heterocycles. The molecule has 1 fully saturated rings. The molecule has 0 radical (unpaired) electrons. The number of imidazole rings is 1. The Bertz CT molecular complexity index is 1240. The summed E-state index contributed by atoms with van der Waals surface area (Å²) in [5, 5.41) is 10.8. The van der Waals surface area contributed by atoms with Crippen molar-refractivity contribution in [3.63, 3.8) is 0 Å². The van der Waals surface area contributed by atoms with Crippen LogP contribution in [0.3, 0.4) is 0 Å². The molecule has 10 heteroatoms. The van der Waals surface area contributed by atoms with Crippen LogP contribution in [0.15, 0.2) is 33.9 Å². The first-order valence-electron chi connectivity index (χ1n) is 11.2. The highest BCUT2D eigenvalue weighted by molar-refractivity contribution is 5.74. The summed E-state index contributed by atoms with van der Waals surface area (Å²) < 4.78 is 15.1. The van der Waals surface area contributed by atoms with Gasteiger partial charge >= 0.3 is 5.69 Å². The van der Waals surface area contributed by atoms with E-state index in [9.17, 15) is 14.7 Å². The number of aromatic nitrogens is 4. The molecule has 0 aliphatic carbocycles. The quantitative estimate of drug-likeness (QED) is 0.567. The number of hydrogen-bond donors (Lipinski definition) is 1. The summed E-state index contributed by atoms with van der Waals surface area (Å²) in [7, 11) is 4.65. The molecule has 1 N–H and O–H groups in total. The summed E-state index contributed by atoms with van der Waals surface area (Å²) in [6.45, 7) is 3.94. The smallest absolute Gasteiger partial charge is 0.332 e. The lowest BCUT2D eigenvalue weighted by Crippen LogP contribution is -2.39. The van der Waals surface area contributed by atoms with Gasteiger partial charge in [-0.05, 0) is 43.0 Å². The summed E-state index contributed by atoms with van der Waals surface area (Å²) in [4.78, 5) is 32.3. The van der Waals surface area contributed by atoms with Crippen LogP contribution < -0.4 is 25.6 Å². The molecule has 10 nitrogen and oxygen atoms in total. The average molecular weight is 458 g/mol. The van der Waals surface area contributed by atoms with Gasteiger partial charge in [0.15, 0.2) is 11.2 Å². The van der Waals surface area contributed by atoms with Gasteiger partial charge in [-0.1, -0.05) is 6.92 Å². The number of benzene rings is 1. The molecule has 3 aromatic rings. The van der Waals surface area contributed by atoms with Crippen LogP contribution in [0.5, 0.6) is 11.5 Å². The maximum atomic E-state index is 13.0. The summed E-state index contributed by atoms with van der Waals surface area (Å²) in [5.41, 5.74) is -0.241.